The average Bonchev–Trinajstić information content (AvgIpc) is 2.52. The van der Waals surface area contributed by atoms with Gasteiger partial charge in [-0.1, -0.05) is 0 Å². The molecule has 0 spiro atoms. The molecule has 0 saturated carbocycles. The minimum absolute atomic E-state index is 0.160. The minimum atomic E-state index is -2.40. The molecule has 0 radical (unpaired) electrons. The number of ketones is 1. The highest BCUT2D eigenvalue weighted by atomic mass is 19.2. The van der Waals surface area contributed by atoms with Crippen LogP contribution in [0.25, 0.3) is 0 Å². The molecule has 0 aliphatic rings. The Bertz CT molecular complexity index is 644. The molecule has 1 aromatic carbocycles. The van der Waals surface area contributed by atoms with Crippen LogP contribution in [0.15, 0.2) is 11.8 Å². The first-order valence-corrected chi connectivity index (χ1v) is 6.44. The van der Waals surface area contributed by atoms with E-state index in [0.717, 1.165) is 6.20 Å². The molecule has 0 saturated heterocycles. The van der Waals surface area contributed by atoms with E-state index in [1.807, 2.05) is 0 Å². The Labute approximate surface area is 127 Å². The van der Waals surface area contributed by atoms with Gasteiger partial charge in [0.25, 0.3) is 0 Å². The molecule has 1 rings (SSSR count). The van der Waals surface area contributed by atoms with Gasteiger partial charge in [-0.15, -0.1) is 0 Å². The summed E-state index contributed by atoms with van der Waals surface area (Å²) in [5, 5.41) is 2.43. The molecular weight excluding hydrogens is 325 g/mol. The molecule has 0 bridgehead atoms. The standard InChI is InChI=1S/C14H12F5NO3/c1-3-20-5-6(14(22)23-4-2)13(21)7-8(15)10(17)12(19)11(18)9(7)16/h5,20H,3-4H2,1-2H3. The van der Waals surface area contributed by atoms with E-state index in [1.165, 1.54) is 6.92 Å². The summed E-state index contributed by atoms with van der Waals surface area (Å²) in [6.07, 6.45) is 0.790. The predicted molar refractivity (Wildman–Crippen MR) is 69.0 cm³/mol. The largest absolute Gasteiger partial charge is 0.462 e. The third-order valence-corrected chi connectivity index (χ3v) is 2.63. The number of halogens is 5. The van der Waals surface area contributed by atoms with Crippen molar-refractivity contribution in [2.75, 3.05) is 13.2 Å². The van der Waals surface area contributed by atoms with E-state index in [9.17, 15) is 31.5 Å². The molecule has 0 aliphatic heterocycles. The summed E-state index contributed by atoms with van der Waals surface area (Å²) in [4.78, 5) is 23.7. The monoisotopic (exact) mass is 337 g/mol. The van der Waals surface area contributed by atoms with E-state index < -0.39 is 52.0 Å². The van der Waals surface area contributed by atoms with Gasteiger partial charge in [-0.05, 0) is 13.8 Å². The average molecular weight is 337 g/mol. The second-order valence-electron chi connectivity index (χ2n) is 4.11. The molecule has 0 aliphatic carbocycles. The van der Waals surface area contributed by atoms with E-state index in [-0.39, 0.29) is 13.2 Å². The SMILES string of the molecule is CCNC=C(C(=O)OCC)C(=O)c1c(F)c(F)c(F)c(F)c1F. The highest BCUT2D eigenvalue weighted by Crippen LogP contribution is 2.25. The van der Waals surface area contributed by atoms with Gasteiger partial charge in [0, 0.05) is 12.7 Å². The number of hydrogen-bond acceptors (Lipinski definition) is 4. The number of Topliss-reactive ketones (excluding diaryl/α,β-unsaturated/α-hetero) is 1. The van der Waals surface area contributed by atoms with Gasteiger partial charge in [-0.3, -0.25) is 4.79 Å². The number of benzene rings is 1. The number of hydrogen-bond donors (Lipinski definition) is 1. The van der Waals surface area contributed by atoms with Crippen LogP contribution in [-0.4, -0.2) is 24.9 Å². The Morgan fingerprint density at radius 3 is 1.87 bits per heavy atom. The summed E-state index contributed by atoms with van der Waals surface area (Å²) in [5.41, 5.74) is -2.62. The van der Waals surface area contributed by atoms with Crippen LogP contribution >= 0.6 is 0 Å². The summed E-state index contributed by atoms with van der Waals surface area (Å²) in [5.74, 6) is -14.5. The van der Waals surface area contributed by atoms with Gasteiger partial charge in [0.15, 0.2) is 23.3 Å². The fraction of sp³-hybridized carbons (Fsp3) is 0.286. The molecule has 23 heavy (non-hydrogen) atoms. The van der Waals surface area contributed by atoms with Gasteiger partial charge in [-0.25, -0.2) is 26.7 Å². The number of rotatable bonds is 6. The molecule has 0 heterocycles. The van der Waals surface area contributed by atoms with E-state index >= 15 is 0 Å². The van der Waals surface area contributed by atoms with Crippen molar-refractivity contribution in [1.29, 1.82) is 0 Å². The summed E-state index contributed by atoms with van der Waals surface area (Å²) < 4.78 is 71.1. The van der Waals surface area contributed by atoms with E-state index in [2.05, 4.69) is 10.1 Å². The Morgan fingerprint density at radius 1 is 0.957 bits per heavy atom. The van der Waals surface area contributed by atoms with Crippen molar-refractivity contribution in [2.45, 2.75) is 13.8 Å². The summed E-state index contributed by atoms with van der Waals surface area (Å²) in [7, 11) is 0. The third kappa shape index (κ3) is 3.66. The predicted octanol–water partition coefficient (Wildman–Crippen LogP) is 2.62. The Morgan fingerprint density at radius 2 is 1.43 bits per heavy atom. The lowest BCUT2D eigenvalue weighted by atomic mass is 10.0. The van der Waals surface area contributed by atoms with Crippen molar-refractivity contribution in [3.63, 3.8) is 0 Å². The van der Waals surface area contributed by atoms with Crippen LogP contribution < -0.4 is 5.32 Å². The molecule has 0 unspecified atom stereocenters. The third-order valence-electron chi connectivity index (χ3n) is 2.63. The first-order chi connectivity index (χ1) is 10.8. The van der Waals surface area contributed by atoms with Gasteiger partial charge >= 0.3 is 5.97 Å². The Kier molecular flexibility index (Phi) is 6.23. The molecule has 0 aromatic heterocycles. The van der Waals surface area contributed by atoms with Gasteiger partial charge in [0.05, 0.1) is 6.61 Å². The lowest BCUT2D eigenvalue weighted by Gasteiger charge is -2.10. The fourth-order valence-electron chi connectivity index (χ4n) is 1.57. The van der Waals surface area contributed by atoms with E-state index in [4.69, 9.17) is 0 Å². The molecule has 0 amide bonds. The van der Waals surface area contributed by atoms with Crippen LogP contribution in [0.2, 0.25) is 0 Å². The Hall–Kier alpha value is -2.45. The zero-order valence-electron chi connectivity index (χ0n) is 12.1. The zero-order chi connectivity index (χ0) is 17.7. The van der Waals surface area contributed by atoms with Crippen molar-refractivity contribution in [2.24, 2.45) is 0 Å². The first kappa shape index (κ1) is 18.6. The summed E-state index contributed by atoms with van der Waals surface area (Å²) >= 11 is 0. The summed E-state index contributed by atoms with van der Waals surface area (Å²) in [6.45, 7) is 3.06. The lowest BCUT2D eigenvalue weighted by molar-refractivity contribution is -0.138. The quantitative estimate of drug-likeness (QED) is 0.127. The Balaban J connectivity index is 3.49. The zero-order valence-corrected chi connectivity index (χ0v) is 12.1. The maximum absolute atomic E-state index is 13.6. The molecule has 4 nitrogen and oxygen atoms in total. The van der Waals surface area contributed by atoms with Crippen LogP contribution in [-0.2, 0) is 9.53 Å². The van der Waals surface area contributed by atoms with Crippen molar-refractivity contribution in [3.8, 4) is 0 Å². The molecule has 0 atom stereocenters. The van der Waals surface area contributed by atoms with Gasteiger partial charge < -0.3 is 10.1 Å². The molecular formula is C14H12F5NO3. The molecule has 9 heteroatoms. The van der Waals surface area contributed by atoms with Crippen LogP contribution in [0.4, 0.5) is 22.0 Å². The molecule has 1 aromatic rings. The van der Waals surface area contributed by atoms with E-state index in [0.29, 0.717) is 0 Å². The maximum atomic E-state index is 13.6. The highest BCUT2D eigenvalue weighted by molar-refractivity contribution is 6.24. The topological polar surface area (TPSA) is 55.4 Å². The summed E-state index contributed by atoms with van der Waals surface area (Å²) in [6, 6.07) is 0. The minimum Gasteiger partial charge on any atom is -0.462 e. The second kappa shape index (κ2) is 7.70. The number of ether oxygens (including phenoxy) is 1. The van der Waals surface area contributed by atoms with E-state index in [1.54, 1.807) is 6.92 Å². The van der Waals surface area contributed by atoms with Gasteiger partial charge in [0.1, 0.15) is 11.1 Å². The van der Waals surface area contributed by atoms with Crippen molar-refractivity contribution >= 4 is 11.8 Å². The maximum Gasteiger partial charge on any atom is 0.343 e. The van der Waals surface area contributed by atoms with Crippen molar-refractivity contribution in [3.05, 3.63) is 46.4 Å². The van der Waals surface area contributed by atoms with Crippen molar-refractivity contribution in [1.82, 2.24) is 5.32 Å². The number of carbonyl (C=O) groups is 2. The van der Waals surface area contributed by atoms with Crippen molar-refractivity contribution < 1.29 is 36.3 Å². The normalized spacial score (nSPS) is 11.3. The molecule has 0 fully saturated rings. The lowest BCUT2D eigenvalue weighted by Crippen LogP contribution is -2.22. The smallest absolute Gasteiger partial charge is 0.343 e. The number of nitrogens with one attached hydrogen (secondary N) is 1. The van der Waals surface area contributed by atoms with Gasteiger partial charge in [-0.2, -0.15) is 0 Å². The van der Waals surface area contributed by atoms with Crippen LogP contribution in [0.3, 0.4) is 0 Å². The highest BCUT2D eigenvalue weighted by Gasteiger charge is 2.33. The molecule has 1 N–H and O–H groups in total. The number of carbonyl (C=O) groups excluding carboxylic acids is 2. The fourth-order valence-corrected chi connectivity index (χ4v) is 1.57. The van der Waals surface area contributed by atoms with Gasteiger partial charge in [0.2, 0.25) is 11.6 Å². The van der Waals surface area contributed by atoms with Crippen LogP contribution in [0.1, 0.15) is 24.2 Å². The molecule has 126 valence electrons. The van der Waals surface area contributed by atoms with Crippen LogP contribution in [0, 0.1) is 29.1 Å². The first-order valence-electron chi connectivity index (χ1n) is 6.44. The second-order valence-corrected chi connectivity index (χ2v) is 4.11. The number of esters is 1. The van der Waals surface area contributed by atoms with Crippen LogP contribution in [0.5, 0.6) is 0 Å².